The molecule has 1 aromatic heterocycles. The first kappa shape index (κ1) is 10.8. The van der Waals surface area contributed by atoms with Gasteiger partial charge >= 0.3 is 0 Å². The lowest BCUT2D eigenvalue weighted by atomic mass is 10.1. The number of anilines is 1. The highest BCUT2D eigenvalue weighted by molar-refractivity contribution is 7.80. The van der Waals surface area contributed by atoms with Crippen molar-refractivity contribution in [1.29, 1.82) is 0 Å². The molecule has 0 saturated carbocycles. The number of hydrogen-bond donors (Lipinski definition) is 2. The van der Waals surface area contributed by atoms with Crippen molar-refractivity contribution in [3.8, 4) is 11.8 Å². The molecule has 80 valence electrons. The summed E-state index contributed by atoms with van der Waals surface area (Å²) in [4.78, 5) is 8.47. The summed E-state index contributed by atoms with van der Waals surface area (Å²) in [7, 11) is 0. The van der Waals surface area contributed by atoms with Gasteiger partial charge < -0.3 is 5.73 Å². The second-order valence-corrected chi connectivity index (χ2v) is 3.68. The quantitative estimate of drug-likeness (QED) is 0.446. The Bertz CT molecular complexity index is 569. The van der Waals surface area contributed by atoms with Crippen LogP contribution in [0.15, 0.2) is 24.5 Å². The zero-order valence-electron chi connectivity index (χ0n) is 8.64. The van der Waals surface area contributed by atoms with Crippen LogP contribution in [0.4, 0.5) is 5.69 Å². The number of thiol groups is 1. The molecule has 16 heavy (non-hydrogen) atoms. The zero-order valence-corrected chi connectivity index (χ0v) is 9.54. The van der Waals surface area contributed by atoms with Gasteiger partial charge in [-0.2, -0.15) is 12.6 Å². The van der Waals surface area contributed by atoms with Gasteiger partial charge in [-0.25, -0.2) is 0 Å². The Kier molecular flexibility index (Phi) is 3.28. The van der Waals surface area contributed by atoms with E-state index in [1.54, 1.807) is 12.4 Å². The minimum absolute atomic E-state index is 0.639. The predicted molar refractivity (Wildman–Crippen MR) is 69.3 cm³/mol. The third kappa shape index (κ3) is 2.10. The van der Waals surface area contributed by atoms with Crippen LogP contribution in [0.2, 0.25) is 0 Å². The Morgan fingerprint density at radius 2 is 2.06 bits per heavy atom. The molecule has 0 unspecified atom stereocenters. The number of rotatable bonds is 1. The van der Waals surface area contributed by atoms with Crippen LogP contribution in [0.5, 0.6) is 0 Å². The number of hydrogen-bond acceptors (Lipinski definition) is 4. The zero-order chi connectivity index (χ0) is 11.4. The number of fused-ring (bicyclic) bond motifs is 1. The lowest BCUT2D eigenvalue weighted by molar-refractivity contribution is 1.29. The fourth-order valence-corrected chi connectivity index (χ4v) is 1.50. The molecule has 0 aliphatic heterocycles. The SMILES string of the molecule is Nc1ccc2nccnc2c1C#CCCS. The van der Waals surface area contributed by atoms with Gasteiger partial charge in [0.25, 0.3) is 0 Å². The van der Waals surface area contributed by atoms with Crippen molar-refractivity contribution in [2.24, 2.45) is 0 Å². The largest absolute Gasteiger partial charge is 0.398 e. The Morgan fingerprint density at radius 1 is 1.25 bits per heavy atom. The van der Waals surface area contributed by atoms with Crippen LogP contribution in [0.1, 0.15) is 12.0 Å². The number of benzene rings is 1. The Morgan fingerprint density at radius 3 is 2.88 bits per heavy atom. The van der Waals surface area contributed by atoms with Gasteiger partial charge in [0.1, 0.15) is 5.52 Å². The molecule has 2 rings (SSSR count). The number of aromatic nitrogens is 2. The maximum atomic E-state index is 5.88. The van der Waals surface area contributed by atoms with Crippen molar-refractivity contribution in [2.75, 3.05) is 11.5 Å². The molecule has 1 aromatic carbocycles. The van der Waals surface area contributed by atoms with E-state index in [-0.39, 0.29) is 0 Å². The average Bonchev–Trinajstić information content (AvgIpc) is 2.32. The van der Waals surface area contributed by atoms with Crippen molar-refractivity contribution >= 4 is 29.3 Å². The standard InChI is InChI=1S/C12H11N3S/c13-10-4-5-11-12(15-7-6-14-11)9(10)3-1-2-8-16/h4-7,16H,2,8,13H2. The van der Waals surface area contributed by atoms with E-state index < -0.39 is 0 Å². The molecule has 0 spiro atoms. The summed E-state index contributed by atoms with van der Waals surface area (Å²) < 4.78 is 0. The van der Waals surface area contributed by atoms with Crippen molar-refractivity contribution in [3.63, 3.8) is 0 Å². The summed E-state index contributed by atoms with van der Waals surface area (Å²) in [5.41, 5.74) is 8.85. The normalized spacial score (nSPS) is 9.81. The summed E-state index contributed by atoms with van der Waals surface area (Å²) in [5, 5.41) is 0. The maximum absolute atomic E-state index is 5.88. The molecule has 0 amide bonds. The maximum Gasteiger partial charge on any atom is 0.106 e. The number of nitrogens with two attached hydrogens (primary N) is 1. The molecule has 0 saturated heterocycles. The molecule has 0 atom stereocenters. The smallest absolute Gasteiger partial charge is 0.106 e. The summed E-state index contributed by atoms with van der Waals surface area (Å²) in [6, 6.07) is 3.66. The number of nitrogens with zero attached hydrogens (tertiary/aromatic N) is 2. The van der Waals surface area contributed by atoms with Crippen LogP contribution >= 0.6 is 12.6 Å². The molecule has 0 fully saturated rings. The van der Waals surface area contributed by atoms with Crippen molar-refractivity contribution < 1.29 is 0 Å². The molecule has 0 bridgehead atoms. The van der Waals surface area contributed by atoms with E-state index in [4.69, 9.17) is 5.73 Å². The summed E-state index contributed by atoms with van der Waals surface area (Å²) in [6.45, 7) is 0. The second-order valence-electron chi connectivity index (χ2n) is 3.23. The van der Waals surface area contributed by atoms with Crippen molar-refractivity contribution in [2.45, 2.75) is 6.42 Å². The van der Waals surface area contributed by atoms with E-state index in [1.165, 1.54) is 0 Å². The Balaban J connectivity index is 2.58. The molecule has 2 N–H and O–H groups in total. The average molecular weight is 229 g/mol. The molecule has 0 aliphatic rings. The van der Waals surface area contributed by atoms with E-state index in [2.05, 4.69) is 34.4 Å². The van der Waals surface area contributed by atoms with Gasteiger partial charge in [0.2, 0.25) is 0 Å². The summed E-state index contributed by atoms with van der Waals surface area (Å²) >= 11 is 4.10. The van der Waals surface area contributed by atoms with Crippen LogP contribution in [0, 0.1) is 11.8 Å². The highest BCUT2D eigenvalue weighted by Gasteiger charge is 2.04. The third-order valence-corrected chi connectivity index (χ3v) is 2.35. The Labute approximate surface area is 99.5 Å². The van der Waals surface area contributed by atoms with E-state index >= 15 is 0 Å². The van der Waals surface area contributed by atoms with E-state index in [0.29, 0.717) is 5.69 Å². The first-order chi connectivity index (χ1) is 7.83. The lowest BCUT2D eigenvalue weighted by Crippen LogP contribution is -1.94. The van der Waals surface area contributed by atoms with Crippen LogP contribution in [0.25, 0.3) is 11.0 Å². The van der Waals surface area contributed by atoms with Crippen molar-refractivity contribution in [3.05, 3.63) is 30.1 Å². The van der Waals surface area contributed by atoms with Crippen LogP contribution in [0.3, 0.4) is 0 Å². The van der Waals surface area contributed by atoms with E-state index in [0.717, 1.165) is 28.8 Å². The second kappa shape index (κ2) is 4.86. The monoisotopic (exact) mass is 229 g/mol. The molecular formula is C12H11N3S. The van der Waals surface area contributed by atoms with Gasteiger partial charge in [0, 0.05) is 30.3 Å². The number of nitrogen functional groups attached to an aromatic ring is 1. The summed E-state index contributed by atoms with van der Waals surface area (Å²) in [6.07, 6.45) is 4.04. The molecule has 4 heteroatoms. The third-order valence-electron chi connectivity index (χ3n) is 2.12. The minimum atomic E-state index is 0.639. The van der Waals surface area contributed by atoms with Gasteiger partial charge in [-0.15, -0.1) is 0 Å². The topological polar surface area (TPSA) is 51.8 Å². The Hall–Kier alpha value is -1.73. The predicted octanol–water partition coefficient (Wildman–Crippen LogP) is 1.88. The van der Waals surface area contributed by atoms with Crippen LogP contribution in [-0.2, 0) is 0 Å². The van der Waals surface area contributed by atoms with Gasteiger partial charge in [-0.1, -0.05) is 11.8 Å². The summed E-state index contributed by atoms with van der Waals surface area (Å²) in [5.74, 6) is 6.78. The molecule has 1 heterocycles. The van der Waals surface area contributed by atoms with Crippen LogP contribution in [-0.4, -0.2) is 15.7 Å². The fraction of sp³-hybridized carbons (Fsp3) is 0.167. The minimum Gasteiger partial charge on any atom is -0.398 e. The lowest BCUT2D eigenvalue weighted by Gasteiger charge is -2.01. The molecular weight excluding hydrogens is 218 g/mol. The van der Waals surface area contributed by atoms with Gasteiger partial charge in [-0.05, 0) is 12.1 Å². The first-order valence-corrected chi connectivity index (χ1v) is 5.55. The molecule has 2 aromatic rings. The van der Waals surface area contributed by atoms with Gasteiger partial charge in [0.15, 0.2) is 0 Å². The molecule has 0 radical (unpaired) electrons. The molecule has 3 nitrogen and oxygen atoms in total. The first-order valence-electron chi connectivity index (χ1n) is 4.92. The van der Waals surface area contributed by atoms with E-state index in [1.807, 2.05) is 12.1 Å². The highest BCUT2D eigenvalue weighted by Crippen LogP contribution is 2.19. The fourth-order valence-electron chi connectivity index (χ4n) is 1.39. The molecule has 0 aliphatic carbocycles. The van der Waals surface area contributed by atoms with Crippen molar-refractivity contribution in [1.82, 2.24) is 9.97 Å². The van der Waals surface area contributed by atoms with Gasteiger partial charge in [0.05, 0.1) is 11.1 Å². The van der Waals surface area contributed by atoms with E-state index in [9.17, 15) is 0 Å². The van der Waals surface area contributed by atoms with Gasteiger partial charge in [-0.3, -0.25) is 9.97 Å². The highest BCUT2D eigenvalue weighted by atomic mass is 32.1. The van der Waals surface area contributed by atoms with Crippen LogP contribution < -0.4 is 5.73 Å².